The van der Waals surface area contributed by atoms with Crippen LogP contribution in [0.25, 0.3) is 0 Å². The number of aromatic hydroxyl groups is 2. The van der Waals surface area contributed by atoms with Crippen molar-refractivity contribution in [1.82, 2.24) is 21.3 Å². The molecule has 0 radical (unpaired) electrons. The molecule has 0 saturated carbocycles. The number of aryl methyl sites for hydroxylation is 2. The summed E-state index contributed by atoms with van der Waals surface area (Å²) in [5, 5.41) is 34.1. The zero-order valence-electron chi connectivity index (χ0n) is 19.8. The summed E-state index contributed by atoms with van der Waals surface area (Å²) in [5.41, 5.74) is 3.97. The van der Waals surface area contributed by atoms with E-state index in [0.717, 1.165) is 87.2 Å². The van der Waals surface area contributed by atoms with E-state index >= 15 is 0 Å². The lowest BCUT2D eigenvalue weighted by molar-refractivity contribution is 0.456. The first-order valence-electron chi connectivity index (χ1n) is 12.1. The molecule has 0 aliphatic carbocycles. The Morgan fingerprint density at radius 2 is 0.906 bits per heavy atom. The van der Waals surface area contributed by atoms with Crippen molar-refractivity contribution in [1.29, 1.82) is 0 Å². The smallest absolute Gasteiger partial charge is 0.123 e. The van der Waals surface area contributed by atoms with Crippen molar-refractivity contribution in [3.05, 3.63) is 58.7 Å². The monoisotopic (exact) mass is 442 g/mol. The van der Waals surface area contributed by atoms with Gasteiger partial charge in [-0.3, -0.25) is 0 Å². The van der Waals surface area contributed by atoms with Crippen molar-refractivity contribution < 1.29 is 10.2 Å². The maximum Gasteiger partial charge on any atom is 0.123 e. The summed E-state index contributed by atoms with van der Waals surface area (Å²) in [7, 11) is 0. The van der Waals surface area contributed by atoms with Crippen LogP contribution in [-0.4, -0.2) is 49.5 Å². The third kappa shape index (κ3) is 9.17. The Balaban J connectivity index is 1.39. The van der Waals surface area contributed by atoms with Crippen molar-refractivity contribution >= 4 is 0 Å². The van der Waals surface area contributed by atoms with Gasteiger partial charge in [-0.05, 0) is 63.0 Å². The van der Waals surface area contributed by atoms with Crippen molar-refractivity contribution in [2.75, 3.05) is 39.3 Å². The molecule has 0 aliphatic heterocycles. The number of benzene rings is 2. The van der Waals surface area contributed by atoms with Gasteiger partial charge in [0.25, 0.3) is 0 Å². The van der Waals surface area contributed by atoms with Crippen LogP contribution in [0.3, 0.4) is 0 Å². The minimum absolute atomic E-state index is 0.436. The molecule has 2 aromatic rings. The van der Waals surface area contributed by atoms with Gasteiger partial charge in [-0.15, -0.1) is 0 Å². The van der Waals surface area contributed by atoms with Gasteiger partial charge in [0.15, 0.2) is 0 Å². The van der Waals surface area contributed by atoms with Gasteiger partial charge in [0.1, 0.15) is 11.5 Å². The van der Waals surface area contributed by atoms with Crippen LogP contribution in [0.15, 0.2) is 36.4 Å². The average Bonchev–Trinajstić information content (AvgIpc) is 2.81. The zero-order valence-corrected chi connectivity index (χ0v) is 19.8. The van der Waals surface area contributed by atoms with Crippen LogP contribution in [0.5, 0.6) is 11.5 Å². The molecular formula is C26H42N4O2. The summed E-state index contributed by atoms with van der Waals surface area (Å²) in [6, 6.07) is 11.9. The fourth-order valence-electron chi connectivity index (χ4n) is 3.69. The second-order valence-electron chi connectivity index (χ2n) is 8.12. The average molecular weight is 443 g/mol. The van der Waals surface area contributed by atoms with E-state index in [1.54, 1.807) is 0 Å². The molecule has 6 heteroatoms. The highest BCUT2D eigenvalue weighted by molar-refractivity contribution is 5.41. The number of para-hydroxylation sites is 2. The van der Waals surface area contributed by atoms with Gasteiger partial charge in [0, 0.05) is 37.3 Å². The number of phenols is 2. The van der Waals surface area contributed by atoms with Crippen molar-refractivity contribution in [2.24, 2.45) is 0 Å². The Kier molecular flexibility index (Phi) is 12.8. The largest absolute Gasteiger partial charge is 0.507 e. The van der Waals surface area contributed by atoms with Gasteiger partial charge in [-0.2, -0.15) is 0 Å². The highest BCUT2D eigenvalue weighted by Gasteiger charge is 2.05. The molecule has 0 heterocycles. The van der Waals surface area contributed by atoms with Crippen LogP contribution in [0.2, 0.25) is 0 Å². The normalized spacial score (nSPS) is 11.2. The maximum atomic E-state index is 10.2. The predicted octanol–water partition coefficient (Wildman–Crippen LogP) is 3.06. The molecule has 0 bridgehead atoms. The number of hydrogen-bond donors (Lipinski definition) is 6. The topological polar surface area (TPSA) is 88.6 Å². The summed E-state index contributed by atoms with van der Waals surface area (Å²) in [6.45, 7) is 11.3. The van der Waals surface area contributed by atoms with Crippen LogP contribution < -0.4 is 21.3 Å². The number of rotatable bonds is 17. The van der Waals surface area contributed by atoms with Crippen LogP contribution in [0, 0.1) is 0 Å². The second kappa shape index (κ2) is 15.6. The molecule has 0 spiro atoms. The number of hydrogen-bond acceptors (Lipinski definition) is 6. The van der Waals surface area contributed by atoms with Crippen molar-refractivity contribution in [3.63, 3.8) is 0 Å². The molecule has 2 aromatic carbocycles. The Labute approximate surface area is 193 Å². The third-order valence-corrected chi connectivity index (χ3v) is 5.69. The number of nitrogens with one attached hydrogen (secondary N) is 4. The fraction of sp³-hybridized carbons (Fsp3) is 0.538. The Morgan fingerprint density at radius 1 is 0.531 bits per heavy atom. The highest BCUT2D eigenvalue weighted by Crippen LogP contribution is 2.23. The van der Waals surface area contributed by atoms with E-state index in [1.807, 2.05) is 36.4 Å². The van der Waals surface area contributed by atoms with E-state index in [2.05, 4.69) is 35.1 Å². The molecule has 32 heavy (non-hydrogen) atoms. The summed E-state index contributed by atoms with van der Waals surface area (Å²) in [4.78, 5) is 0. The molecule has 178 valence electrons. The van der Waals surface area contributed by atoms with Gasteiger partial charge in [0.2, 0.25) is 0 Å². The quantitative estimate of drug-likeness (QED) is 0.211. The summed E-state index contributed by atoms with van der Waals surface area (Å²) in [5.74, 6) is 0.872. The molecular weight excluding hydrogens is 400 g/mol. The molecule has 2 rings (SSSR count). The van der Waals surface area contributed by atoms with E-state index in [1.165, 1.54) is 0 Å². The van der Waals surface area contributed by atoms with Crippen molar-refractivity contribution in [3.8, 4) is 11.5 Å². The lowest BCUT2D eigenvalue weighted by Gasteiger charge is -2.11. The highest BCUT2D eigenvalue weighted by atomic mass is 16.3. The summed E-state index contributed by atoms with van der Waals surface area (Å²) < 4.78 is 0. The van der Waals surface area contributed by atoms with E-state index in [-0.39, 0.29) is 0 Å². The van der Waals surface area contributed by atoms with Crippen LogP contribution in [-0.2, 0) is 25.9 Å². The van der Waals surface area contributed by atoms with Gasteiger partial charge >= 0.3 is 0 Å². The van der Waals surface area contributed by atoms with Crippen LogP contribution >= 0.6 is 0 Å². The minimum atomic E-state index is 0.436. The molecule has 6 nitrogen and oxygen atoms in total. The van der Waals surface area contributed by atoms with Gasteiger partial charge in [-0.1, -0.05) is 50.2 Å². The molecule has 0 aromatic heterocycles. The Bertz CT molecular complexity index is 717. The van der Waals surface area contributed by atoms with Crippen molar-refractivity contribution in [2.45, 2.75) is 52.6 Å². The van der Waals surface area contributed by atoms with E-state index in [0.29, 0.717) is 24.6 Å². The third-order valence-electron chi connectivity index (χ3n) is 5.69. The molecule has 0 aliphatic rings. The van der Waals surface area contributed by atoms with Gasteiger partial charge < -0.3 is 31.5 Å². The van der Waals surface area contributed by atoms with Gasteiger partial charge in [-0.25, -0.2) is 0 Å². The SMILES string of the molecule is CCc1cccc(CNCCCNCCNCCCNCc2cccc(CC)c2O)c1O. The molecule has 0 fully saturated rings. The fourth-order valence-corrected chi connectivity index (χ4v) is 3.69. The maximum absolute atomic E-state index is 10.2. The van der Waals surface area contributed by atoms with Crippen LogP contribution in [0.4, 0.5) is 0 Å². The molecule has 0 unspecified atom stereocenters. The van der Waals surface area contributed by atoms with E-state index in [4.69, 9.17) is 0 Å². The molecule has 6 N–H and O–H groups in total. The Hall–Kier alpha value is -2.12. The summed E-state index contributed by atoms with van der Waals surface area (Å²) >= 11 is 0. The van der Waals surface area contributed by atoms with E-state index < -0.39 is 0 Å². The molecule has 0 saturated heterocycles. The number of phenolic OH excluding ortho intramolecular Hbond substituents is 2. The van der Waals surface area contributed by atoms with Gasteiger partial charge in [0.05, 0.1) is 0 Å². The second-order valence-corrected chi connectivity index (χ2v) is 8.12. The Morgan fingerprint density at radius 3 is 1.31 bits per heavy atom. The standard InChI is InChI=1S/C26H42N4O2/c1-3-21-9-5-11-23(25(21)31)19-29-15-7-13-27-17-18-28-14-8-16-30-20-24-12-6-10-22(4-2)26(24)32/h5-6,9-12,27-32H,3-4,7-8,13-20H2,1-2H3. The minimum Gasteiger partial charge on any atom is -0.507 e. The van der Waals surface area contributed by atoms with Crippen LogP contribution in [0.1, 0.15) is 48.9 Å². The lowest BCUT2D eigenvalue weighted by atomic mass is 10.1. The first-order chi connectivity index (χ1) is 15.7. The predicted molar refractivity (Wildman–Crippen MR) is 133 cm³/mol. The lowest BCUT2D eigenvalue weighted by Crippen LogP contribution is -2.30. The first-order valence-corrected chi connectivity index (χ1v) is 12.1. The van der Waals surface area contributed by atoms with E-state index in [9.17, 15) is 10.2 Å². The zero-order chi connectivity index (χ0) is 23.0. The summed E-state index contributed by atoms with van der Waals surface area (Å²) in [6.07, 6.45) is 3.83. The molecule has 0 amide bonds. The first kappa shape index (κ1) is 26.1. The molecule has 0 atom stereocenters.